The first-order valence-corrected chi connectivity index (χ1v) is 7.34. The van der Waals surface area contributed by atoms with Crippen LogP contribution in [0, 0.1) is 0 Å². The van der Waals surface area contributed by atoms with Gasteiger partial charge in [0.05, 0.1) is 12.4 Å². The highest BCUT2D eigenvalue weighted by molar-refractivity contribution is 7.99. The highest BCUT2D eigenvalue weighted by Crippen LogP contribution is 2.16. The Morgan fingerprint density at radius 1 is 1.38 bits per heavy atom. The van der Waals surface area contributed by atoms with E-state index < -0.39 is 0 Å². The molecule has 0 bridgehead atoms. The predicted octanol–water partition coefficient (Wildman–Crippen LogP) is 0.539. The number of carbonyl (C=O) groups is 1. The Morgan fingerprint density at radius 2 is 2.24 bits per heavy atom. The van der Waals surface area contributed by atoms with Gasteiger partial charge in [0, 0.05) is 6.54 Å². The van der Waals surface area contributed by atoms with Crippen molar-refractivity contribution in [3.8, 4) is 5.95 Å². The molecule has 0 aliphatic carbocycles. The molecule has 2 aromatic rings. The van der Waals surface area contributed by atoms with Crippen LogP contribution in [-0.2, 0) is 9.53 Å². The zero-order valence-corrected chi connectivity index (χ0v) is 12.5. The molecule has 112 valence electrons. The standard InChI is InChI=1S/C11H15N7O2S/c1-3-13-9-15-10(18-7-12-6-14-18)17-11(16-9)21-5-8(19)20-4-2/h6-7H,3-5H2,1-2H3,(H,13,15,16,17). The Kier molecular flexibility index (Phi) is 5.43. The summed E-state index contributed by atoms with van der Waals surface area (Å²) >= 11 is 1.18. The molecule has 10 heteroatoms. The summed E-state index contributed by atoms with van der Waals surface area (Å²) in [6.07, 6.45) is 2.88. The molecule has 0 atom stereocenters. The molecule has 21 heavy (non-hydrogen) atoms. The van der Waals surface area contributed by atoms with Crippen LogP contribution in [0.1, 0.15) is 13.8 Å². The van der Waals surface area contributed by atoms with E-state index in [1.54, 1.807) is 6.92 Å². The van der Waals surface area contributed by atoms with E-state index in [0.717, 1.165) is 0 Å². The van der Waals surface area contributed by atoms with Crippen molar-refractivity contribution in [2.24, 2.45) is 0 Å². The average Bonchev–Trinajstić information content (AvgIpc) is 3.00. The molecule has 0 saturated carbocycles. The van der Waals surface area contributed by atoms with Gasteiger partial charge in [-0.25, -0.2) is 4.98 Å². The summed E-state index contributed by atoms with van der Waals surface area (Å²) in [5, 5.41) is 7.40. The van der Waals surface area contributed by atoms with Crippen molar-refractivity contribution >= 4 is 23.7 Å². The summed E-state index contributed by atoms with van der Waals surface area (Å²) < 4.78 is 6.30. The number of rotatable bonds is 7. The van der Waals surface area contributed by atoms with Crippen molar-refractivity contribution in [3.05, 3.63) is 12.7 Å². The van der Waals surface area contributed by atoms with Crippen molar-refractivity contribution in [1.29, 1.82) is 0 Å². The lowest BCUT2D eigenvalue weighted by Gasteiger charge is -2.07. The number of carbonyl (C=O) groups excluding carboxylic acids is 1. The average molecular weight is 309 g/mol. The minimum Gasteiger partial charge on any atom is -0.465 e. The predicted molar refractivity (Wildman–Crippen MR) is 76.3 cm³/mol. The summed E-state index contributed by atoms with van der Waals surface area (Å²) in [7, 11) is 0. The Balaban J connectivity index is 2.17. The molecule has 0 amide bonds. The summed E-state index contributed by atoms with van der Waals surface area (Å²) in [6.45, 7) is 4.72. The lowest BCUT2D eigenvalue weighted by atomic mass is 10.7. The van der Waals surface area contributed by atoms with Gasteiger partial charge in [-0.2, -0.15) is 24.7 Å². The van der Waals surface area contributed by atoms with Gasteiger partial charge in [0.2, 0.25) is 5.95 Å². The molecule has 0 saturated heterocycles. The van der Waals surface area contributed by atoms with Crippen LogP contribution in [0.4, 0.5) is 5.95 Å². The molecular formula is C11H15N7O2S. The summed E-state index contributed by atoms with van der Waals surface area (Å²) in [5.41, 5.74) is 0. The molecule has 0 aliphatic rings. The lowest BCUT2D eigenvalue weighted by molar-refractivity contribution is -0.139. The number of hydrogen-bond donors (Lipinski definition) is 1. The van der Waals surface area contributed by atoms with E-state index in [4.69, 9.17) is 4.74 Å². The van der Waals surface area contributed by atoms with Crippen LogP contribution in [-0.4, -0.2) is 54.6 Å². The Hall–Kier alpha value is -2.23. The Morgan fingerprint density at radius 3 is 2.90 bits per heavy atom. The van der Waals surface area contributed by atoms with Crippen LogP contribution in [0.25, 0.3) is 5.95 Å². The van der Waals surface area contributed by atoms with E-state index in [1.165, 1.54) is 29.1 Å². The Bertz CT molecular complexity index is 590. The van der Waals surface area contributed by atoms with Gasteiger partial charge in [-0.15, -0.1) is 0 Å². The minimum absolute atomic E-state index is 0.139. The van der Waals surface area contributed by atoms with E-state index >= 15 is 0 Å². The van der Waals surface area contributed by atoms with Crippen molar-refractivity contribution in [3.63, 3.8) is 0 Å². The molecule has 0 radical (unpaired) electrons. The van der Waals surface area contributed by atoms with E-state index in [-0.39, 0.29) is 11.7 Å². The number of nitrogens with zero attached hydrogens (tertiary/aromatic N) is 6. The molecule has 2 aromatic heterocycles. The Labute approximate surface area is 125 Å². The molecule has 0 spiro atoms. The number of anilines is 1. The first kappa shape index (κ1) is 15.2. The quantitative estimate of drug-likeness (QED) is 0.579. The molecule has 2 rings (SSSR count). The van der Waals surface area contributed by atoms with Crippen LogP contribution >= 0.6 is 11.8 Å². The van der Waals surface area contributed by atoms with Gasteiger partial charge >= 0.3 is 5.97 Å². The van der Waals surface area contributed by atoms with E-state index in [1.807, 2.05) is 6.92 Å². The first-order chi connectivity index (χ1) is 10.2. The number of aromatic nitrogens is 6. The topological polar surface area (TPSA) is 108 Å². The van der Waals surface area contributed by atoms with E-state index in [2.05, 4.69) is 30.4 Å². The smallest absolute Gasteiger partial charge is 0.316 e. The fourth-order valence-corrected chi connectivity index (χ4v) is 2.02. The van der Waals surface area contributed by atoms with Gasteiger partial charge in [0.25, 0.3) is 5.95 Å². The minimum atomic E-state index is -0.310. The van der Waals surface area contributed by atoms with Gasteiger partial charge in [-0.3, -0.25) is 4.79 Å². The molecule has 0 aromatic carbocycles. The number of nitrogens with one attached hydrogen (secondary N) is 1. The maximum absolute atomic E-state index is 11.4. The van der Waals surface area contributed by atoms with Gasteiger partial charge in [0.15, 0.2) is 5.16 Å². The van der Waals surface area contributed by atoms with Crippen molar-refractivity contribution in [1.82, 2.24) is 29.7 Å². The monoisotopic (exact) mass is 309 g/mol. The van der Waals surface area contributed by atoms with E-state index in [9.17, 15) is 4.79 Å². The number of hydrogen-bond acceptors (Lipinski definition) is 9. The van der Waals surface area contributed by atoms with Crippen LogP contribution in [0.15, 0.2) is 17.8 Å². The zero-order chi connectivity index (χ0) is 15.1. The maximum atomic E-state index is 11.4. The molecular weight excluding hydrogens is 294 g/mol. The normalized spacial score (nSPS) is 10.4. The molecule has 0 fully saturated rings. The molecule has 9 nitrogen and oxygen atoms in total. The highest BCUT2D eigenvalue weighted by Gasteiger charge is 2.11. The fourth-order valence-electron chi connectivity index (χ4n) is 1.39. The fraction of sp³-hybridized carbons (Fsp3) is 0.455. The summed E-state index contributed by atoms with van der Waals surface area (Å²) in [5.74, 6) is 0.588. The van der Waals surface area contributed by atoms with Gasteiger partial charge in [0.1, 0.15) is 12.7 Å². The third kappa shape index (κ3) is 4.38. The van der Waals surface area contributed by atoms with Crippen molar-refractivity contribution in [2.75, 3.05) is 24.2 Å². The first-order valence-electron chi connectivity index (χ1n) is 6.36. The second-order valence-electron chi connectivity index (χ2n) is 3.71. The van der Waals surface area contributed by atoms with Gasteiger partial charge in [-0.05, 0) is 13.8 Å². The van der Waals surface area contributed by atoms with Crippen LogP contribution in [0.2, 0.25) is 0 Å². The van der Waals surface area contributed by atoms with E-state index in [0.29, 0.717) is 30.2 Å². The van der Waals surface area contributed by atoms with Crippen LogP contribution in [0.3, 0.4) is 0 Å². The largest absolute Gasteiger partial charge is 0.465 e. The van der Waals surface area contributed by atoms with Gasteiger partial charge < -0.3 is 10.1 Å². The van der Waals surface area contributed by atoms with Crippen molar-refractivity contribution in [2.45, 2.75) is 19.0 Å². The number of esters is 1. The van der Waals surface area contributed by atoms with Crippen molar-refractivity contribution < 1.29 is 9.53 Å². The maximum Gasteiger partial charge on any atom is 0.316 e. The number of ether oxygens (including phenoxy) is 1. The second-order valence-corrected chi connectivity index (χ2v) is 4.65. The SMILES string of the molecule is CCNc1nc(SCC(=O)OCC)nc(-n2cncn2)n1. The number of thioether (sulfide) groups is 1. The molecule has 0 aliphatic heterocycles. The summed E-state index contributed by atoms with van der Waals surface area (Å²) in [4.78, 5) is 27.9. The molecule has 0 unspecified atom stereocenters. The van der Waals surface area contributed by atoms with Crippen LogP contribution in [0.5, 0.6) is 0 Å². The third-order valence-electron chi connectivity index (χ3n) is 2.19. The third-order valence-corrected chi connectivity index (χ3v) is 3.01. The van der Waals surface area contributed by atoms with Gasteiger partial charge in [-0.1, -0.05) is 11.8 Å². The molecule has 2 heterocycles. The van der Waals surface area contributed by atoms with Crippen LogP contribution < -0.4 is 5.32 Å². The highest BCUT2D eigenvalue weighted by atomic mass is 32.2. The summed E-state index contributed by atoms with van der Waals surface area (Å²) in [6, 6.07) is 0. The molecule has 1 N–H and O–H groups in total. The second kappa shape index (κ2) is 7.53. The lowest BCUT2D eigenvalue weighted by Crippen LogP contribution is -2.11. The zero-order valence-electron chi connectivity index (χ0n) is 11.7.